The summed E-state index contributed by atoms with van der Waals surface area (Å²) in [5.41, 5.74) is 2.43. The van der Waals surface area contributed by atoms with Crippen LogP contribution in [0.4, 0.5) is 0 Å². The van der Waals surface area contributed by atoms with E-state index in [2.05, 4.69) is 37.9 Å². The van der Waals surface area contributed by atoms with Crippen LogP contribution >= 0.6 is 0 Å². The molecule has 3 rings (SSSR count). The molecule has 2 aromatic heterocycles. The third-order valence-electron chi connectivity index (χ3n) is 3.91. The van der Waals surface area contributed by atoms with E-state index in [-0.39, 0.29) is 24.2 Å². The average molecular weight is 318 g/mol. The van der Waals surface area contributed by atoms with Crippen LogP contribution in [0.15, 0.2) is 4.52 Å². The van der Waals surface area contributed by atoms with Crippen molar-refractivity contribution in [1.82, 2.24) is 31.0 Å². The minimum absolute atomic E-state index is 0.0417. The van der Waals surface area contributed by atoms with Crippen molar-refractivity contribution in [1.29, 1.82) is 0 Å². The van der Waals surface area contributed by atoms with E-state index in [1.54, 1.807) is 0 Å². The predicted octanol–water partition coefficient (Wildman–Crippen LogP) is 0.207. The van der Waals surface area contributed by atoms with Gasteiger partial charge < -0.3 is 15.2 Å². The fraction of sp³-hybridized carbons (Fsp3) is 0.500. The fourth-order valence-corrected chi connectivity index (χ4v) is 2.63. The van der Waals surface area contributed by atoms with Crippen LogP contribution in [-0.2, 0) is 19.4 Å². The molecule has 23 heavy (non-hydrogen) atoms. The molecule has 122 valence electrons. The number of carbonyl (C=O) groups excluding carboxylic acids is 2. The molecule has 9 heteroatoms. The van der Waals surface area contributed by atoms with E-state index in [1.807, 2.05) is 0 Å². The Morgan fingerprint density at radius 2 is 2.22 bits per heavy atom. The van der Waals surface area contributed by atoms with Crippen LogP contribution in [0, 0.1) is 5.92 Å². The monoisotopic (exact) mass is 318 g/mol. The lowest BCUT2D eigenvalue weighted by Crippen LogP contribution is -2.25. The molecular weight excluding hydrogens is 300 g/mol. The maximum Gasteiger partial charge on any atom is 0.292 e. The second-order valence-electron chi connectivity index (χ2n) is 5.65. The topological polar surface area (TPSA) is 126 Å². The quantitative estimate of drug-likeness (QED) is 0.739. The molecule has 3 N–H and O–H groups in total. The zero-order valence-corrected chi connectivity index (χ0v) is 13.0. The molecule has 0 fully saturated rings. The molecule has 2 amide bonds. The molecule has 1 aliphatic rings. The van der Waals surface area contributed by atoms with E-state index in [1.165, 1.54) is 7.05 Å². The van der Waals surface area contributed by atoms with E-state index >= 15 is 0 Å². The maximum atomic E-state index is 12.3. The van der Waals surface area contributed by atoms with Gasteiger partial charge >= 0.3 is 0 Å². The molecule has 9 nitrogen and oxygen atoms in total. The zero-order valence-electron chi connectivity index (χ0n) is 13.0. The Bertz CT molecular complexity index is 735. The normalized spacial score (nSPS) is 16.7. The number of fused-ring (bicyclic) bond motifs is 1. The molecule has 2 aromatic rings. The fourth-order valence-electron chi connectivity index (χ4n) is 2.63. The van der Waals surface area contributed by atoms with E-state index in [0.29, 0.717) is 11.6 Å². The number of amides is 2. The second kappa shape index (κ2) is 6.19. The van der Waals surface area contributed by atoms with Gasteiger partial charge in [-0.2, -0.15) is 10.1 Å². The first kappa shape index (κ1) is 15.2. The predicted molar refractivity (Wildman–Crippen MR) is 78.6 cm³/mol. The van der Waals surface area contributed by atoms with Crippen LogP contribution in [0.25, 0.3) is 0 Å². The Morgan fingerprint density at radius 3 is 3.00 bits per heavy atom. The molecule has 0 spiro atoms. The molecule has 0 aliphatic heterocycles. The van der Waals surface area contributed by atoms with Crippen LogP contribution in [-0.4, -0.2) is 39.2 Å². The van der Waals surface area contributed by atoms with Crippen molar-refractivity contribution in [2.75, 3.05) is 7.05 Å². The lowest BCUT2D eigenvalue weighted by Gasteiger charge is -2.17. The summed E-state index contributed by atoms with van der Waals surface area (Å²) in [5.74, 6) is -0.104. The van der Waals surface area contributed by atoms with Crippen LogP contribution in [0.1, 0.15) is 51.6 Å². The van der Waals surface area contributed by atoms with Crippen molar-refractivity contribution in [3.05, 3.63) is 28.7 Å². The van der Waals surface area contributed by atoms with Gasteiger partial charge in [0.2, 0.25) is 5.89 Å². The molecule has 0 saturated heterocycles. The van der Waals surface area contributed by atoms with Crippen molar-refractivity contribution >= 4 is 11.8 Å². The smallest absolute Gasteiger partial charge is 0.292 e. The van der Waals surface area contributed by atoms with Gasteiger partial charge in [0.15, 0.2) is 5.69 Å². The van der Waals surface area contributed by atoms with Crippen molar-refractivity contribution in [3.8, 4) is 0 Å². The zero-order chi connectivity index (χ0) is 16.4. The van der Waals surface area contributed by atoms with E-state index in [4.69, 9.17) is 4.52 Å². The summed E-state index contributed by atoms with van der Waals surface area (Å²) >= 11 is 0. The standard InChI is InChI=1S/C14H18N6O3/c1-7-3-4-9-8(5-7)11(19-18-9)13(21)16-6-10-17-12(20-23-10)14(22)15-2/h7H,3-6H2,1-2H3,(H,15,22)(H,16,21)(H,18,19)/t7-/m0/s1. The van der Waals surface area contributed by atoms with Crippen LogP contribution in [0.3, 0.4) is 0 Å². The van der Waals surface area contributed by atoms with E-state index in [9.17, 15) is 9.59 Å². The lowest BCUT2D eigenvalue weighted by atomic mass is 9.88. The molecule has 0 bridgehead atoms. The number of H-pyrrole nitrogens is 1. The van der Waals surface area contributed by atoms with Gasteiger partial charge in [-0.3, -0.25) is 14.7 Å². The molecule has 1 aliphatic carbocycles. The Kier molecular flexibility index (Phi) is 4.09. The summed E-state index contributed by atoms with van der Waals surface area (Å²) < 4.78 is 4.92. The summed E-state index contributed by atoms with van der Waals surface area (Å²) in [6.45, 7) is 2.20. The Labute approximate surface area is 132 Å². The van der Waals surface area contributed by atoms with E-state index in [0.717, 1.165) is 30.5 Å². The average Bonchev–Trinajstić information content (AvgIpc) is 3.18. The SMILES string of the molecule is CNC(=O)c1noc(CNC(=O)c2n[nH]c3c2C[C@@H](C)CC3)n1. The summed E-state index contributed by atoms with van der Waals surface area (Å²) in [4.78, 5) is 27.5. The van der Waals surface area contributed by atoms with Crippen molar-refractivity contribution in [3.63, 3.8) is 0 Å². The van der Waals surface area contributed by atoms with Crippen molar-refractivity contribution < 1.29 is 14.1 Å². The lowest BCUT2D eigenvalue weighted by molar-refractivity contribution is 0.0934. The number of aromatic nitrogens is 4. The highest BCUT2D eigenvalue weighted by molar-refractivity contribution is 5.94. The highest BCUT2D eigenvalue weighted by atomic mass is 16.5. The number of carbonyl (C=O) groups is 2. The first-order chi connectivity index (χ1) is 11.1. The minimum atomic E-state index is -0.443. The summed E-state index contributed by atoms with van der Waals surface area (Å²) in [7, 11) is 1.47. The Morgan fingerprint density at radius 1 is 1.39 bits per heavy atom. The van der Waals surface area contributed by atoms with Crippen LogP contribution in [0.2, 0.25) is 0 Å². The molecule has 0 unspecified atom stereocenters. The van der Waals surface area contributed by atoms with Gasteiger partial charge in [0.05, 0.1) is 6.54 Å². The minimum Gasteiger partial charge on any atom is -0.352 e. The van der Waals surface area contributed by atoms with Crippen LogP contribution in [0.5, 0.6) is 0 Å². The van der Waals surface area contributed by atoms with Gasteiger partial charge in [-0.25, -0.2) is 0 Å². The largest absolute Gasteiger partial charge is 0.352 e. The summed E-state index contributed by atoms with van der Waals surface area (Å²) in [5, 5.41) is 15.7. The number of nitrogens with zero attached hydrogens (tertiary/aromatic N) is 3. The first-order valence-corrected chi connectivity index (χ1v) is 7.47. The van der Waals surface area contributed by atoms with Gasteiger partial charge in [0.25, 0.3) is 17.6 Å². The molecule has 0 radical (unpaired) electrons. The van der Waals surface area contributed by atoms with Gasteiger partial charge in [0, 0.05) is 18.3 Å². The Balaban J connectivity index is 1.65. The van der Waals surface area contributed by atoms with Gasteiger partial charge in [0.1, 0.15) is 0 Å². The summed E-state index contributed by atoms with van der Waals surface area (Å²) in [6.07, 6.45) is 2.85. The maximum absolute atomic E-state index is 12.3. The number of rotatable bonds is 4. The van der Waals surface area contributed by atoms with E-state index < -0.39 is 5.91 Å². The molecule has 1 atom stereocenters. The Hall–Kier alpha value is -2.71. The molecule has 2 heterocycles. The van der Waals surface area contributed by atoms with Gasteiger partial charge in [-0.1, -0.05) is 12.1 Å². The number of hydrogen-bond donors (Lipinski definition) is 3. The van der Waals surface area contributed by atoms with Crippen molar-refractivity contribution in [2.24, 2.45) is 5.92 Å². The molecule has 0 aromatic carbocycles. The number of aryl methyl sites for hydroxylation is 1. The highest BCUT2D eigenvalue weighted by Gasteiger charge is 2.25. The highest BCUT2D eigenvalue weighted by Crippen LogP contribution is 2.26. The second-order valence-corrected chi connectivity index (χ2v) is 5.65. The number of hydrogen-bond acceptors (Lipinski definition) is 6. The number of aromatic amines is 1. The molecule has 0 saturated carbocycles. The number of nitrogens with one attached hydrogen (secondary N) is 3. The van der Waals surface area contributed by atoms with Crippen LogP contribution < -0.4 is 10.6 Å². The third-order valence-corrected chi connectivity index (χ3v) is 3.91. The first-order valence-electron chi connectivity index (χ1n) is 7.47. The van der Waals surface area contributed by atoms with Gasteiger partial charge in [-0.15, -0.1) is 0 Å². The van der Waals surface area contributed by atoms with Gasteiger partial charge in [-0.05, 0) is 25.2 Å². The summed E-state index contributed by atoms with van der Waals surface area (Å²) in [6, 6.07) is 0. The van der Waals surface area contributed by atoms with Crippen molar-refractivity contribution in [2.45, 2.75) is 32.7 Å². The molecular formula is C14H18N6O3. The third kappa shape index (κ3) is 3.08.